The molecule has 0 aliphatic rings. The number of carbonyl (C=O) groups is 1. The highest BCUT2D eigenvalue weighted by atomic mass is 35.5. The Morgan fingerprint density at radius 1 is 1.29 bits per heavy atom. The zero-order chi connectivity index (χ0) is 12.4. The molecule has 0 amide bonds. The predicted octanol–water partition coefficient (Wildman–Crippen LogP) is 3.95. The third kappa shape index (κ3) is 2.69. The van der Waals surface area contributed by atoms with Crippen LogP contribution in [0.15, 0.2) is 30.3 Å². The number of aliphatic hydroxyl groups is 1. The maximum Gasteiger partial charge on any atom is 0.160 e. The van der Waals surface area contributed by atoms with Crippen molar-refractivity contribution in [2.24, 2.45) is 0 Å². The first-order valence-corrected chi connectivity index (χ1v) is 6.37. The maximum atomic E-state index is 10.6. The van der Waals surface area contributed by atoms with Crippen molar-refractivity contribution < 1.29 is 9.90 Å². The monoisotopic (exact) mass is 286 g/mol. The number of aliphatic hydroxyl groups excluding tert-OH is 1. The van der Waals surface area contributed by atoms with Crippen molar-refractivity contribution in [3.8, 4) is 0 Å². The van der Waals surface area contributed by atoms with E-state index in [0.717, 1.165) is 11.3 Å². The molecular weight excluding hydrogens is 279 g/mol. The maximum absolute atomic E-state index is 10.6. The van der Waals surface area contributed by atoms with Gasteiger partial charge in [0.15, 0.2) is 6.29 Å². The number of hydrogen-bond donors (Lipinski definition) is 1. The van der Waals surface area contributed by atoms with Gasteiger partial charge in [-0.05, 0) is 23.8 Å². The summed E-state index contributed by atoms with van der Waals surface area (Å²) in [7, 11) is 0. The summed E-state index contributed by atoms with van der Waals surface area (Å²) in [6.45, 7) is 0. The van der Waals surface area contributed by atoms with Crippen molar-refractivity contribution in [2.75, 3.05) is 0 Å². The highest BCUT2D eigenvalue weighted by Crippen LogP contribution is 2.35. The molecule has 0 bridgehead atoms. The van der Waals surface area contributed by atoms with E-state index in [2.05, 4.69) is 0 Å². The summed E-state index contributed by atoms with van der Waals surface area (Å²) in [5, 5.41) is 10.7. The summed E-state index contributed by atoms with van der Waals surface area (Å²) in [6.07, 6.45) is -0.156. The van der Waals surface area contributed by atoms with Gasteiger partial charge in [-0.15, -0.1) is 11.3 Å². The number of rotatable bonds is 3. The van der Waals surface area contributed by atoms with E-state index in [4.69, 9.17) is 23.2 Å². The van der Waals surface area contributed by atoms with Crippen molar-refractivity contribution in [2.45, 2.75) is 6.10 Å². The largest absolute Gasteiger partial charge is 0.384 e. The van der Waals surface area contributed by atoms with Gasteiger partial charge in [0.25, 0.3) is 0 Å². The molecule has 0 fully saturated rings. The van der Waals surface area contributed by atoms with E-state index in [0.29, 0.717) is 31.6 Å². The van der Waals surface area contributed by atoms with Crippen molar-refractivity contribution in [3.05, 3.63) is 55.7 Å². The van der Waals surface area contributed by atoms with E-state index in [1.165, 1.54) is 0 Å². The molecule has 1 N–H and O–H groups in total. The van der Waals surface area contributed by atoms with Gasteiger partial charge in [0.2, 0.25) is 0 Å². The van der Waals surface area contributed by atoms with Crippen LogP contribution >= 0.6 is 34.5 Å². The Kier molecular flexibility index (Phi) is 3.84. The first-order valence-electron chi connectivity index (χ1n) is 4.79. The zero-order valence-corrected chi connectivity index (χ0v) is 10.9. The summed E-state index contributed by atoms with van der Waals surface area (Å²) in [5.74, 6) is 0. The first-order chi connectivity index (χ1) is 8.11. The molecule has 88 valence electrons. The van der Waals surface area contributed by atoms with Crippen LogP contribution < -0.4 is 0 Å². The van der Waals surface area contributed by atoms with Gasteiger partial charge in [-0.1, -0.05) is 35.3 Å². The molecular formula is C12H8Cl2O2S. The SMILES string of the molecule is O=Cc1cc([C@H](O)c2cccc(Cl)c2)c(Cl)s1. The number of benzene rings is 1. The molecule has 0 unspecified atom stereocenters. The summed E-state index contributed by atoms with van der Waals surface area (Å²) >= 11 is 13.0. The Morgan fingerprint density at radius 3 is 2.65 bits per heavy atom. The molecule has 0 saturated carbocycles. The van der Waals surface area contributed by atoms with E-state index in [-0.39, 0.29) is 0 Å². The summed E-state index contributed by atoms with van der Waals surface area (Å²) in [4.78, 5) is 11.1. The van der Waals surface area contributed by atoms with Crippen LogP contribution in [-0.2, 0) is 0 Å². The van der Waals surface area contributed by atoms with E-state index in [1.807, 2.05) is 0 Å². The molecule has 1 atom stereocenters. The van der Waals surface area contributed by atoms with Gasteiger partial charge in [-0.3, -0.25) is 4.79 Å². The standard InChI is InChI=1S/C12H8Cl2O2S/c13-8-3-1-2-7(4-8)11(16)10-5-9(6-15)17-12(10)14/h1-6,11,16H/t11-/m1/s1. The number of aldehydes is 1. The van der Waals surface area contributed by atoms with Crippen molar-refractivity contribution in [1.29, 1.82) is 0 Å². The Labute approximate surface area is 112 Å². The van der Waals surface area contributed by atoms with Crippen LogP contribution in [0.25, 0.3) is 0 Å². The second kappa shape index (κ2) is 5.19. The molecule has 1 aromatic heterocycles. The minimum absolute atomic E-state index is 0.416. The lowest BCUT2D eigenvalue weighted by molar-refractivity contribution is 0.112. The highest BCUT2D eigenvalue weighted by Gasteiger charge is 2.17. The van der Waals surface area contributed by atoms with Crippen LogP contribution in [0, 0.1) is 0 Å². The molecule has 2 rings (SSSR count). The summed E-state index contributed by atoms with van der Waals surface area (Å²) in [6, 6.07) is 8.49. The average molecular weight is 287 g/mol. The van der Waals surface area contributed by atoms with Crippen LogP contribution in [-0.4, -0.2) is 11.4 Å². The molecule has 17 heavy (non-hydrogen) atoms. The lowest BCUT2D eigenvalue weighted by Crippen LogP contribution is -1.98. The van der Waals surface area contributed by atoms with E-state index >= 15 is 0 Å². The van der Waals surface area contributed by atoms with Crippen molar-refractivity contribution in [3.63, 3.8) is 0 Å². The molecule has 1 aromatic carbocycles. The molecule has 0 spiro atoms. The third-order valence-corrected chi connectivity index (χ3v) is 3.86. The van der Waals surface area contributed by atoms with E-state index in [1.54, 1.807) is 30.3 Å². The van der Waals surface area contributed by atoms with Crippen molar-refractivity contribution >= 4 is 40.8 Å². The van der Waals surface area contributed by atoms with Crippen LogP contribution in [0.4, 0.5) is 0 Å². The predicted molar refractivity (Wildman–Crippen MR) is 70.2 cm³/mol. The van der Waals surface area contributed by atoms with Gasteiger partial charge < -0.3 is 5.11 Å². The smallest absolute Gasteiger partial charge is 0.160 e. The quantitative estimate of drug-likeness (QED) is 0.868. The number of carbonyl (C=O) groups excluding carboxylic acids is 1. The van der Waals surface area contributed by atoms with Gasteiger partial charge in [0, 0.05) is 10.6 Å². The van der Waals surface area contributed by atoms with E-state index in [9.17, 15) is 9.90 Å². The molecule has 0 aliphatic carbocycles. The van der Waals surface area contributed by atoms with Crippen LogP contribution in [0.3, 0.4) is 0 Å². The molecule has 2 nitrogen and oxygen atoms in total. The Hall–Kier alpha value is -0.870. The lowest BCUT2D eigenvalue weighted by atomic mass is 10.0. The van der Waals surface area contributed by atoms with Gasteiger partial charge in [-0.2, -0.15) is 0 Å². The summed E-state index contributed by atoms with van der Waals surface area (Å²) in [5.41, 5.74) is 1.18. The van der Waals surface area contributed by atoms with Crippen LogP contribution in [0.5, 0.6) is 0 Å². The van der Waals surface area contributed by atoms with E-state index < -0.39 is 6.10 Å². The molecule has 2 aromatic rings. The first kappa shape index (κ1) is 12.6. The van der Waals surface area contributed by atoms with Crippen LogP contribution in [0.1, 0.15) is 26.9 Å². The molecule has 0 saturated heterocycles. The van der Waals surface area contributed by atoms with Gasteiger partial charge >= 0.3 is 0 Å². The molecule has 0 radical (unpaired) electrons. The van der Waals surface area contributed by atoms with Crippen LogP contribution in [0.2, 0.25) is 9.36 Å². The second-order valence-corrected chi connectivity index (χ2v) is 5.58. The minimum atomic E-state index is -0.869. The number of hydrogen-bond acceptors (Lipinski definition) is 3. The average Bonchev–Trinajstić information content (AvgIpc) is 2.69. The van der Waals surface area contributed by atoms with Crippen molar-refractivity contribution in [1.82, 2.24) is 0 Å². The molecule has 1 heterocycles. The Morgan fingerprint density at radius 2 is 2.06 bits per heavy atom. The normalized spacial score (nSPS) is 12.4. The fraction of sp³-hybridized carbons (Fsp3) is 0.0833. The van der Waals surface area contributed by atoms with Gasteiger partial charge in [0.1, 0.15) is 6.10 Å². The topological polar surface area (TPSA) is 37.3 Å². The lowest BCUT2D eigenvalue weighted by Gasteiger charge is -2.10. The number of thiophene rings is 1. The summed E-state index contributed by atoms with van der Waals surface area (Å²) < 4.78 is 0.416. The second-order valence-electron chi connectivity index (χ2n) is 3.45. The third-order valence-electron chi connectivity index (χ3n) is 2.31. The fourth-order valence-electron chi connectivity index (χ4n) is 1.50. The van der Waals surface area contributed by atoms with Gasteiger partial charge in [-0.25, -0.2) is 0 Å². The molecule has 5 heteroatoms. The van der Waals surface area contributed by atoms with Gasteiger partial charge in [0.05, 0.1) is 9.21 Å². The number of halogens is 2. The zero-order valence-electron chi connectivity index (χ0n) is 8.56. The fourth-order valence-corrected chi connectivity index (χ4v) is 2.86. The Balaban J connectivity index is 2.39. The highest BCUT2D eigenvalue weighted by molar-refractivity contribution is 7.17. The Bertz CT molecular complexity index is 551. The minimum Gasteiger partial charge on any atom is -0.384 e. The molecule has 0 aliphatic heterocycles.